The summed E-state index contributed by atoms with van der Waals surface area (Å²) in [5.74, 6) is 3.07. The number of hydrogen-bond donors (Lipinski definition) is 6. The Balaban J connectivity index is 0.000000200. The van der Waals surface area contributed by atoms with Crippen molar-refractivity contribution in [3.63, 3.8) is 0 Å². The molecular weight excluding hydrogens is 1460 g/mol. The van der Waals surface area contributed by atoms with Crippen LogP contribution >= 0.6 is 0 Å². The predicted molar refractivity (Wildman–Crippen MR) is 378 cm³/mol. The first-order valence-corrected chi connectivity index (χ1v) is 34.7. The van der Waals surface area contributed by atoms with Crippen molar-refractivity contribution in [2.45, 2.75) is 140 Å². The Morgan fingerprint density at radius 3 is 1.43 bits per heavy atom. The largest absolute Gasteiger partial charge is 0.514 e. The van der Waals surface area contributed by atoms with Crippen molar-refractivity contribution in [2.75, 3.05) is 68.2 Å². The van der Waals surface area contributed by atoms with E-state index in [2.05, 4.69) is 44.6 Å². The minimum atomic E-state index is -1.50. The number of phenolic OH excluding ortho intramolecular Hbond substituents is 2. The van der Waals surface area contributed by atoms with Gasteiger partial charge in [0.1, 0.15) is 37.0 Å². The summed E-state index contributed by atoms with van der Waals surface area (Å²) in [4.78, 5) is 69.6. The molecule has 106 heavy (non-hydrogen) atoms. The second-order valence-electron chi connectivity index (χ2n) is 27.1. The number of aromatic hydroxyl groups is 2. The van der Waals surface area contributed by atoms with Crippen LogP contribution < -0.4 is 48.5 Å². The molecule has 6 aromatic rings. The van der Waals surface area contributed by atoms with Gasteiger partial charge in [0.05, 0.1) is 50.5 Å². The second kappa shape index (κ2) is 32.7. The number of fused-ring (bicyclic) bond motifs is 18. The number of methoxy groups -OCH3 is 2. The first-order chi connectivity index (χ1) is 50.5. The molecule has 2 saturated heterocycles. The maximum Gasteiger partial charge on any atom is 0.514 e. The Bertz CT molecular complexity index is 4420. The van der Waals surface area contributed by atoms with Crippen LogP contribution in [-0.4, -0.2) is 174 Å². The van der Waals surface area contributed by atoms with Crippen molar-refractivity contribution >= 4 is 24.1 Å². The van der Waals surface area contributed by atoms with Crippen LogP contribution in [0.15, 0.2) is 98.1 Å². The molecule has 0 saturated carbocycles. The summed E-state index contributed by atoms with van der Waals surface area (Å²) in [5, 5.41) is 66.6. The zero-order chi connectivity index (χ0) is 74.8. The average Bonchev–Trinajstić information content (AvgIpc) is 0.916. The third-order valence-electron chi connectivity index (χ3n) is 21.3. The number of aryl methyl sites for hydroxylation is 4. The van der Waals surface area contributed by atoms with Crippen LogP contribution in [0, 0.1) is 49.1 Å². The van der Waals surface area contributed by atoms with E-state index in [0.29, 0.717) is 106 Å². The molecule has 8 aliphatic rings. The normalized spacial score (nSPS) is 22.2. The molecule has 14 rings (SSSR count). The summed E-state index contributed by atoms with van der Waals surface area (Å²) in [6, 6.07) is 22.3. The summed E-state index contributed by atoms with van der Waals surface area (Å²) < 4.78 is 57.7. The van der Waals surface area contributed by atoms with Crippen LogP contribution in [0.5, 0.6) is 57.5 Å². The van der Waals surface area contributed by atoms with Gasteiger partial charge in [-0.15, -0.1) is 10.1 Å². The standard InChI is InChI=1S/C39H42N4O8.C38H43N3O9.Ag.HNO3/c1-6-14-48-39(46)51-36-22(3)37-38(50-20-49-37)32-25(36)17-27-33-31-24(15-21(2)35(47-5)34(31)45)16-26(42(33)4)28(18-40)43(27)29(32)19-41-30(44)13-12-23-10-8-7-9-11-23;1-6-14-47-38(45)50-34-21(3)35-36(49-19-48-35)30-24(34)17-25-31-29-23(15-20(2)33(46-5)32(29)43)16-26(40(31)4)37(44)41(25)27(30)18-39-28(42)13-12-22-10-8-7-9-11-22;;2-1(3)4/h6-11,15,26-29,33,45H,1,12-14,16-17,19-20H2,2-5H3,(H,41,44);6-11,15,25-27,31,37,43-44H,1,12-14,16-19H2,2-5H3,(H,39,42);;(H,2,3,4)/t26-,27?,28-,29-,33-;25?,26-,27-,31-,37-;;/m00../s1. The van der Waals surface area contributed by atoms with Crippen molar-refractivity contribution in [3.8, 4) is 63.6 Å². The van der Waals surface area contributed by atoms with Crippen molar-refractivity contribution < 1.29 is 115 Å². The molecule has 6 aromatic carbocycles. The second-order valence-corrected chi connectivity index (χ2v) is 27.1. The number of rotatable bonds is 18. The smallest absolute Gasteiger partial charge is 0.504 e. The number of phenols is 2. The minimum Gasteiger partial charge on any atom is -0.504 e. The first kappa shape index (κ1) is 77.0. The summed E-state index contributed by atoms with van der Waals surface area (Å²) in [7, 11) is 7.01. The van der Waals surface area contributed by atoms with Crippen LogP contribution in [0.1, 0.15) is 115 Å². The number of likely N-dealkylation sites (N-methyl/N-ethyl adjacent to an activating group) is 2. The molecule has 10 atom stereocenters. The Morgan fingerprint density at radius 2 is 1.02 bits per heavy atom. The zero-order valence-corrected chi connectivity index (χ0v) is 61.5. The molecule has 8 aliphatic heterocycles. The number of carbonyl (C=O) groups excluding carboxylic acids is 4. The summed E-state index contributed by atoms with van der Waals surface area (Å²) in [6.07, 6.45) is 3.50. The number of nitrogens with one attached hydrogen (secondary N) is 2. The van der Waals surface area contributed by atoms with Gasteiger partial charge in [0.25, 0.3) is 5.09 Å². The van der Waals surface area contributed by atoms with E-state index in [1.54, 1.807) is 13.8 Å². The van der Waals surface area contributed by atoms with Gasteiger partial charge in [0.15, 0.2) is 46.0 Å². The molecule has 2 fully saturated rings. The fraction of sp³-hybridized carbons (Fsp3) is 0.416. The van der Waals surface area contributed by atoms with Crippen molar-refractivity contribution in [3.05, 3.63) is 186 Å². The number of carbonyl (C=O) groups is 4. The Kier molecular flexibility index (Phi) is 23.8. The number of piperazine rings is 2. The number of benzene rings is 6. The molecule has 8 heterocycles. The molecule has 29 heteroatoms. The molecule has 565 valence electrons. The van der Waals surface area contributed by atoms with Gasteiger partial charge in [-0.25, -0.2) is 9.59 Å². The molecule has 0 spiro atoms. The fourth-order valence-corrected chi connectivity index (χ4v) is 17.0. The Hall–Kier alpha value is -10.1. The number of aliphatic hydroxyl groups is 1. The Labute approximate surface area is 628 Å². The van der Waals surface area contributed by atoms with Crippen LogP contribution in [0.3, 0.4) is 0 Å². The van der Waals surface area contributed by atoms with Gasteiger partial charge in [-0.3, -0.25) is 29.2 Å². The quantitative estimate of drug-likeness (QED) is 0.0117. The maximum atomic E-state index is 13.4. The zero-order valence-electron chi connectivity index (χ0n) is 60.0. The molecule has 6 N–H and O–H groups in total. The number of nitriles is 1. The van der Waals surface area contributed by atoms with Gasteiger partial charge < -0.3 is 78.5 Å². The van der Waals surface area contributed by atoms with Crippen molar-refractivity contribution in [2.24, 2.45) is 0 Å². The van der Waals surface area contributed by atoms with Gasteiger partial charge in [0.2, 0.25) is 25.4 Å². The number of hydrogen-bond acceptors (Lipinski definition) is 24. The van der Waals surface area contributed by atoms with Crippen LogP contribution in [0.25, 0.3) is 0 Å². The fourth-order valence-electron chi connectivity index (χ4n) is 17.0. The maximum absolute atomic E-state index is 13.4. The first-order valence-electron chi connectivity index (χ1n) is 34.7. The van der Waals surface area contributed by atoms with E-state index < -0.39 is 59.9 Å². The van der Waals surface area contributed by atoms with E-state index in [1.165, 1.54) is 26.4 Å². The van der Waals surface area contributed by atoms with Gasteiger partial charge in [-0.2, -0.15) is 5.26 Å². The topological polar surface area (TPSA) is 345 Å². The third-order valence-corrected chi connectivity index (χ3v) is 21.3. The SMILES string of the molecule is C=CCOC(=O)Oc1c(C)c2c(c3c1CC1[C@H]4c5c(cc(C)c(OC)c5O)C[C@@H]([C@H](C#N)N1[C@H]3CNC(=O)CCc1ccccc1)N4C)OCO2.C=CCOC(=O)Oc1c(C)c2c(c3c1CC1[C@H]4c5c(cc(C)c(OC)c5O)C[C@@H]([C@H](O)N1[C@H]3CNC(=O)CCc1ccccc1)N4C)OCO2.O=[N+]([O-])O.[Ag]. The van der Waals surface area contributed by atoms with E-state index in [0.717, 1.165) is 44.5 Å². The van der Waals surface area contributed by atoms with Crippen LogP contribution in [0.2, 0.25) is 0 Å². The van der Waals surface area contributed by atoms with Crippen molar-refractivity contribution in [1.29, 1.82) is 5.26 Å². The average molecular weight is 1550 g/mol. The van der Waals surface area contributed by atoms with Gasteiger partial charge >= 0.3 is 12.3 Å². The van der Waals surface area contributed by atoms with E-state index in [-0.39, 0.29) is 128 Å². The number of aliphatic hydroxyl groups excluding tert-OH is 1. The minimum absolute atomic E-state index is 0. The number of nitrogens with zero attached hydrogens (tertiary/aromatic N) is 6. The van der Waals surface area contributed by atoms with E-state index in [9.17, 15) is 39.8 Å². The van der Waals surface area contributed by atoms with Gasteiger partial charge in [-0.05, 0) is 114 Å². The Morgan fingerprint density at radius 1 is 0.623 bits per heavy atom. The van der Waals surface area contributed by atoms with Gasteiger partial charge in [0, 0.05) is 111 Å². The van der Waals surface area contributed by atoms with E-state index in [4.69, 9.17) is 62.7 Å². The molecule has 2 unspecified atom stereocenters. The predicted octanol–water partition coefficient (Wildman–Crippen LogP) is 9.01. The molecule has 0 aromatic heterocycles. The molecular formula is C77H86AgN8O20. The van der Waals surface area contributed by atoms with E-state index in [1.807, 2.05) is 106 Å². The van der Waals surface area contributed by atoms with Gasteiger partial charge in [-0.1, -0.05) is 98.1 Å². The number of ether oxygens (including phenoxy) is 10. The summed E-state index contributed by atoms with van der Waals surface area (Å²) in [6.45, 7) is 14.8. The van der Waals surface area contributed by atoms with Crippen molar-refractivity contribution in [1.82, 2.24) is 30.2 Å². The molecule has 2 amide bonds. The monoisotopic (exact) mass is 1550 g/mol. The van der Waals surface area contributed by atoms with Crippen LogP contribution in [-0.2, 0) is 80.0 Å². The molecule has 1 radical (unpaired) electrons. The molecule has 4 bridgehead atoms. The van der Waals surface area contributed by atoms with Crippen LogP contribution in [0.4, 0.5) is 9.59 Å². The number of amides is 2. The molecule has 0 aliphatic carbocycles. The summed E-state index contributed by atoms with van der Waals surface area (Å²) >= 11 is 0. The molecule has 28 nitrogen and oxygen atoms in total. The summed E-state index contributed by atoms with van der Waals surface area (Å²) in [5.41, 5.74) is 11.0. The third kappa shape index (κ3) is 14.6. The van der Waals surface area contributed by atoms with E-state index >= 15 is 0 Å².